The number of benzene rings is 2. The van der Waals surface area contributed by atoms with Crippen molar-refractivity contribution in [1.29, 1.82) is 0 Å². The minimum Gasteiger partial charge on any atom is -0.314 e. The standard InChI is InChI=1S/C19H22BrN2O4P/c20-17-8-4-15(5-9-17)16-6-10-18(11-7-16)27(25)22(14-19(23)21-24)12-2-1-3-13-26-27/h4-11,24H,1-3,12-14H2,(H,21,23). The van der Waals surface area contributed by atoms with Crippen LogP contribution < -0.4 is 10.8 Å². The van der Waals surface area contributed by atoms with Gasteiger partial charge in [-0.3, -0.25) is 14.6 Å². The second-order valence-corrected chi connectivity index (χ2v) is 9.69. The van der Waals surface area contributed by atoms with Crippen molar-refractivity contribution in [3.63, 3.8) is 0 Å². The highest BCUT2D eigenvalue weighted by Crippen LogP contribution is 2.50. The fourth-order valence-electron chi connectivity index (χ4n) is 3.07. The molecule has 1 amide bonds. The number of hydroxylamine groups is 1. The van der Waals surface area contributed by atoms with Gasteiger partial charge in [0.2, 0.25) is 0 Å². The monoisotopic (exact) mass is 452 g/mol. The van der Waals surface area contributed by atoms with Gasteiger partial charge in [0, 0.05) is 11.0 Å². The highest BCUT2D eigenvalue weighted by molar-refractivity contribution is 9.10. The van der Waals surface area contributed by atoms with Crippen molar-refractivity contribution in [2.75, 3.05) is 19.7 Å². The molecule has 0 bridgehead atoms. The Kier molecular flexibility index (Phi) is 6.84. The number of nitrogens with one attached hydrogen (secondary N) is 1. The summed E-state index contributed by atoms with van der Waals surface area (Å²) in [7, 11) is -3.38. The molecule has 2 aromatic rings. The number of amides is 1. The van der Waals surface area contributed by atoms with E-state index in [2.05, 4.69) is 15.9 Å². The lowest BCUT2D eigenvalue weighted by atomic mass is 10.1. The van der Waals surface area contributed by atoms with Gasteiger partial charge < -0.3 is 4.52 Å². The van der Waals surface area contributed by atoms with Gasteiger partial charge in [0.15, 0.2) is 0 Å². The fourth-order valence-corrected chi connectivity index (χ4v) is 5.60. The predicted molar refractivity (Wildman–Crippen MR) is 108 cm³/mol. The maximum absolute atomic E-state index is 13.7. The first-order valence-corrected chi connectivity index (χ1v) is 11.2. The molecule has 0 saturated carbocycles. The first-order valence-electron chi connectivity index (χ1n) is 8.82. The molecule has 1 unspecified atom stereocenters. The van der Waals surface area contributed by atoms with Gasteiger partial charge in [-0.1, -0.05) is 40.2 Å². The zero-order valence-corrected chi connectivity index (χ0v) is 17.3. The zero-order chi connectivity index (χ0) is 19.3. The maximum atomic E-state index is 13.7. The largest absolute Gasteiger partial charge is 0.314 e. The average Bonchev–Trinajstić information content (AvgIpc) is 2.68. The first kappa shape index (κ1) is 20.2. The van der Waals surface area contributed by atoms with Crippen molar-refractivity contribution in [1.82, 2.24) is 10.2 Å². The molecule has 1 fully saturated rings. The second kappa shape index (κ2) is 9.13. The van der Waals surface area contributed by atoms with Gasteiger partial charge >= 0.3 is 7.52 Å². The Hall–Kier alpha value is -1.50. The molecule has 1 heterocycles. The Labute approximate surface area is 167 Å². The number of carbonyl (C=O) groups excluding carboxylic acids is 1. The van der Waals surface area contributed by atoms with E-state index in [1.165, 1.54) is 0 Å². The number of hydrogen-bond acceptors (Lipinski definition) is 4. The minimum absolute atomic E-state index is 0.178. The summed E-state index contributed by atoms with van der Waals surface area (Å²) >= 11 is 3.43. The van der Waals surface area contributed by atoms with E-state index in [-0.39, 0.29) is 6.54 Å². The third-order valence-electron chi connectivity index (χ3n) is 4.52. The normalized spacial score (nSPS) is 21.3. The lowest BCUT2D eigenvalue weighted by Crippen LogP contribution is -2.38. The van der Waals surface area contributed by atoms with Gasteiger partial charge in [-0.25, -0.2) is 10.2 Å². The van der Waals surface area contributed by atoms with E-state index in [9.17, 15) is 9.36 Å². The van der Waals surface area contributed by atoms with Crippen LogP contribution in [0.3, 0.4) is 0 Å². The molecule has 1 atom stereocenters. The molecule has 2 N–H and O–H groups in total. The van der Waals surface area contributed by atoms with Crippen LogP contribution in [0.25, 0.3) is 11.1 Å². The quantitative estimate of drug-likeness (QED) is 0.417. The molecule has 1 saturated heterocycles. The Bertz CT molecular complexity index is 827. The Morgan fingerprint density at radius 3 is 2.33 bits per heavy atom. The third kappa shape index (κ3) is 4.86. The first-order chi connectivity index (χ1) is 13.0. The van der Waals surface area contributed by atoms with Crippen molar-refractivity contribution < 1.29 is 19.1 Å². The molecule has 0 aliphatic carbocycles. The molecular formula is C19H22BrN2O4P. The van der Waals surface area contributed by atoms with E-state index in [0.717, 1.165) is 34.9 Å². The summed E-state index contributed by atoms with van der Waals surface area (Å²) in [5.74, 6) is -0.606. The van der Waals surface area contributed by atoms with Crippen LogP contribution in [0, 0.1) is 0 Å². The summed E-state index contributed by atoms with van der Waals surface area (Å²) < 4.78 is 22.1. The lowest BCUT2D eigenvalue weighted by molar-refractivity contribution is -0.129. The summed E-state index contributed by atoms with van der Waals surface area (Å²) in [6.45, 7) is 0.671. The third-order valence-corrected chi connectivity index (χ3v) is 7.62. The predicted octanol–water partition coefficient (Wildman–Crippen LogP) is 3.94. The van der Waals surface area contributed by atoms with Crippen LogP contribution in [0.5, 0.6) is 0 Å². The highest BCUT2D eigenvalue weighted by atomic mass is 79.9. The lowest BCUT2D eigenvalue weighted by Gasteiger charge is -2.32. The molecule has 6 nitrogen and oxygen atoms in total. The Balaban J connectivity index is 1.90. The SMILES string of the molecule is O=C(CN1CCCCCOP1(=O)c1ccc(-c2ccc(Br)cc2)cc1)NO. The van der Waals surface area contributed by atoms with Crippen LogP contribution in [0.1, 0.15) is 19.3 Å². The van der Waals surface area contributed by atoms with Crippen LogP contribution in [0.2, 0.25) is 0 Å². The van der Waals surface area contributed by atoms with E-state index in [1.807, 2.05) is 36.4 Å². The van der Waals surface area contributed by atoms with Gasteiger partial charge in [-0.2, -0.15) is 0 Å². The van der Waals surface area contributed by atoms with Gasteiger partial charge in [-0.05, 0) is 54.7 Å². The van der Waals surface area contributed by atoms with Crippen LogP contribution in [0.4, 0.5) is 0 Å². The van der Waals surface area contributed by atoms with Crippen LogP contribution >= 0.6 is 23.4 Å². The van der Waals surface area contributed by atoms with Gasteiger partial charge in [0.25, 0.3) is 5.91 Å². The van der Waals surface area contributed by atoms with Crippen molar-refractivity contribution in [2.45, 2.75) is 19.3 Å². The fraction of sp³-hybridized carbons (Fsp3) is 0.316. The summed E-state index contributed by atoms with van der Waals surface area (Å²) in [6, 6.07) is 15.4. The van der Waals surface area contributed by atoms with Gasteiger partial charge in [-0.15, -0.1) is 0 Å². The number of carbonyl (C=O) groups is 1. The van der Waals surface area contributed by atoms with E-state index >= 15 is 0 Å². The molecule has 0 spiro atoms. The Morgan fingerprint density at radius 2 is 1.70 bits per heavy atom. The molecule has 0 radical (unpaired) electrons. The number of nitrogens with zero attached hydrogens (tertiary/aromatic N) is 1. The average molecular weight is 453 g/mol. The second-order valence-electron chi connectivity index (χ2n) is 6.39. The summed E-state index contributed by atoms with van der Waals surface area (Å²) in [6.07, 6.45) is 2.60. The van der Waals surface area contributed by atoms with E-state index in [4.69, 9.17) is 9.73 Å². The van der Waals surface area contributed by atoms with Gasteiger partial charge in [0.05, 0.1) is 18.5 Å². The summed E-state index contributed by atoms with van der Waals surface area (Å²) in [5.41, 5.74) is 3.67. The van der Waals surface area contributed by atoms with Crippen LogP contribution in [-0.2, 0) is 13.9 Å². The van der Waals surface area contributed by atoms with Gasteiger partial charge in [0.1, 0.15) is 0 Å². The number of hydrogen-bond donors (Lipinski definition) is 2. The molecule has 3 rings (SSSR count). The topological polar surface area (TPSA) is 78.9 Å². The maximum Gasteiger partial charge on any atom is 0.302 e. The molecule has 1 aliphatic heterocycles. The summed E-state index contributed by atoms with van der Waals surface area (Å²) in [5, 5.41) is 9.41. The van der Waals surface area contributed by atoms with Crippen molar-refractivity contribution >= 4 is 34.7 Å². The van der Waals surface area contributed by atoms with Crippen molar-refractivity contribution in [3.05, 3.63) is 53.0 Å². The molecule has 27 heavy (non-hydrogen) atoms. The minimum atomic E-state index is -3.38. The van der Waals surface area contributed by atoms with Crippen LogP contribution in [-0.4, -0.2) is 35.5 Å². The van der Waals surface area contributed by atoms with Crippen molar-refractivity contribution in [3.8, 4) is 11.1 Å². The van der Waals surface area contributed by atoms with Crippen molar-refractivity contribution in [2.24, 2.45) is 0 Å². The number of halogens is 1. The highest BCUT2D eigenvalue weighted by Gasteiger charge is 2.36. The molecular weight excluding hydrogens is 431 g/mol. The molecule has 2 aromatic carbocycles. The molecule has 144 valence electrons. The van der Waals surface area contributed by atoms with E-state index in [0.29, 0.717) is 18.5 Å². The summed E-state index contributed by atoms with van der Waals surface area (Å²) in [4.78, 5) is 11.7. The number of rotatable bonds is 4. The van der Waals surface area contributed by atoms with E-state index in [1.54, 1.807) is 22.3 Å². The van der Waals surface area contributed by atoms with E-state index < -0.39 is 13.4 Å². The molecule has 8 heteroatoms. The Morgan fingerprint density at radius 1 is 1.07 bits per heavy atom. The molecule has 0 aromatic heterocycles. The zero-order valence-electron chi connectivity index (χ0n) is 14.8. The molecule has 1 aliphatic rings. The smallest absolute Gasteiger partial charge is 0.302 e. The van der Waals surface area contributed by atoms with Crippen LogP contribution in [0.15, 0.2) is 53.0 Å².